The van der Waals surface area contributed by atoms with Gasteiger partial charge < -0.3 is 14.8 Å². The molecule has 0 aromatic heterocycles. The van der Waals surface area contributed by atoms with Crippen LogP contribution >= 0.6 is 0 Å². The molecular formula is C27H26N2O3. The number of ether oxygens (including phenoxy) is 2. The first kappa shape index (κ1) is 22.6. The van der Waals surface area contributed by atoms with Crippen molar-refractivity contribution in [2.75, 3.05) is 7.11 Å². The Labute approximate surface area is 188 Å². The molecule has 1 N–H and O–H groups in total. The van der Waals surface area contributed by atoms with Crippen LogP contribution in [0.1, 0.15) is 35.2 Å². The van der Waals surface area contributed by atoms with Gasteiger partial charge in [0.25, 0.3) is 5.91 Å². The lowest BCUT2D eigenvalue weighted by molar-refractivity contribution is -0.117. The number of carbonyl (C=O) groups is 1. The van der Waals surface area contributed by atoms with Gasteiger partial charge in [-0.3, -0.25) is 4.79 Å². The Balaban J connectivity index is 1.72. The monoisotopic (exact) mass is 426 g/mol. The normalized spacial score (nSPS) is 11.9. The van der Waals surface area contributed by atoms with E-state index in [1.54, 1.807) is 31.4 Å². The molecule has 162 valence electrons. The smallest absolute Gasteiger partial charge is 0.262 e. The van der Waals surface area contributed by atoms with Crippen LogP contribution in [0.3, 0.4) is 0 Å². The first-order valence-electron chi connectivity index (χ1n) is 10.3. The summed E-state index contributed by atoms with van der Waals surface area (Å²) in [6, 6.07) is 24.8. The number of carbonyl (C=O) groups excluding carboxylic acids is 1. The standard InChI is InChI=1S/C27H26N2O3/c1-19-9-11-21(12-10-19)18-32-25-14-13-22(16-26(25)31-3)15-24(17-28)27(30)29-20(2)23-7-5-4-6-8-23/h4-16,20H,18H2,1-3H3,(H,29,30)/b24-15-/t20-/m1/s1. The van der Waals surface area contributed by atoms with Crippen LogP contribution in [0.15, 0.2) is 78.4 Å². The van der Waals surface area contributed by atoms with Crippen molar-refractivity contribution in [1.82, 2.24) is 5.32 Å². The molecule has 0 unspecified atom stereocenters. The minimum absolute atomic E-state index is 0.0168. The van der Waals surface area contributed by atoms with E-state index in [1.807, 2.05) is 74.5 Å². The van der Waals surface area contributed by atoms with E-state index in [0.717, 1.165) is 11.1 Å². The van der Waals surface area contributed by atoms with Crippen LogP contribution in [0.5, 0.6) is 11.5 Å². The first-order valence-corrected chi connectivity index (χ1v) is 10.3. The van der Waals surface area contributed by atoms with E-state index in [0.29, 0.717) is 23.7 Å². The van der Waals surface area contributed by atoms with Crippen LogP contribution in [0, 0.1) is 18.3 Å². The maximum Gasteiger partial charge on any atom is 0.262 e. The molecule has 3 rings (SSSR count). The zero-order chi connectivity index (χ0) is 22.9. The predicted molar refractivity (Wildman–Crippen MR) is 125 cm³/mol. The van der Waals surface area contributed by atoms with Crippen molar-refractivity contribution >= 4 is 12.0 Å². The van der Waals surface area contributed by atoms with E-state index >= 15 is 0 Å². The Kier molecular flexibility index (Phi) is 7.66. The third-order valence-corrected chi connectivity index (χ3v) is 5.03. The van der Waals surface area contributed by atoms with Crippen LogP contribution in [-0.2, 0) is 11.4 Å². The number of rotatable bonds is 8. The zero-order valence-electron chi connectivity index (χ0n) is 18.5. The summed E-state index contributed by atoms with van der Waals surface area (Å²) in [7, 11) is 1.56. The molecule has 0 aliphatic heterocycles. The van der Waals surface area contributed by atoms with Crippen molar-refractivity contribution in [3.63, 3.8) is 0 Å². The highest BCUT2D eigenvalue weighted by Gasteiger charge is 2.14. The Bertz CT molecular complexity index is 1130. The molecule has 0 saturated heterocycles. The van der Waals surface area contributed by atoms with Crippen molar-refractivity contribution in [2.24, 2.45) is 0 Å². The second-order valence-corrected chi connectivity index (χ2v) is 7.46. The fraction of sp³-hybridized carbons (Fsp3) is 0.185. The summed E-state index contributed by atoms with van der Waals surface area (Å²) in [5, 5.41) is 12.4. The zero-order valence-corrected chi connectivity index (χ0v) is 18.5. The second kappa shape index (κ2) is 10.8. The number of aryl methyl sites for hydroxylation is 1. The Hall–Kier alpha value is -4.04. The quantitative estimate of drug-likeness (QED) is 0.388. The van der Waals surface area contributed by atoms with Gasteiger partial charge >= 0.3 is 0 Å². The molecule has 0 heterocycles. The minimum Gasteiger partial charge on any atom is -0.493 e. The molecule has 0 radical (unpaired) electrons. The number of hydrogen-bond acceptors (Lipinski definition) is 4. The molecule has 0 saturated carbocycles. The second-order valence-electron chi connectivity index (χ2n) is 7.46. The summed E-state index contributed by atoms with van der Waals surface area (Å²) < 4.78 is 11.4. The third kappa shape index (κ3) is 5.99. The molecule has 0 aliphatic rings. The van der Waals surface area contributed by atoms with Gasteiger partial charge in [0, 0.05) is 0 Å². The number of nitrogens with zero attached hydrogens (tertiary/aromatic N) is 1. The maximum absolute atomic E-state index is 12.6. The van der Waals surface area contributed by atoms with Crippen molar-refractivity contribution in [1.29, 1.82) is 5.26 Å². The molecule has 32 heavy (non-hydrogen) atoms. The molecule has 5 heteroatoms. The molecule has 0 aliphatic carbocycles. The Morgan fingerprint density at radius 2 is 1.78 bits per heavy atom. The number of nitrogens with one attached hydrogen (secondary N) is 1. The van der Waals surface area contributed by atoms with E-state index in [9.17, 15) is 10.1 Å². The average molecular weight is 427 g/mol. The van der Waals surface area contributed by atoms with Gasteiger partial charge in [0.1, 0.15) is 18.2 Å². The van der Waals surface area contributed by atoms with Gasteiger partial charge in [0.05, 0.1) is 13.2 Å². The highest BCUT2D eigenvalue weighted by atomic mass is 16.5. The average Bonchev–Trinajstić information content (AvgIpc) is 2.82. The van der Waals surface area contributed by atoms with Crippen LogP contribution in [0.2, 0.25) is 0 Å². The molecule has 1 amide bonds. The number of benzene rings is 3. The van der Waals surface area contributed by atoms with Gasteiger partial charge in [-0.15, -0.1) is 0 Å². The van der Waals surface area contributed by atoms with Crippen molar-refractivity contribution in [3.05, 3.63) is 101 Å². The summed E-state index contributed by atoms with van der Waals surface area (Å²) in [4.78, 5) is 12.6. The van der Waals surface area contributed by atoms with E-state index in [-0.39, 0.29) is 11.6 Å². The minimum atomic E-state index is -0.428. The van der Waals surface area contributed by atoms with E-state index in [1.165, 1.54) is 5.56 Å². The van der Waals surface area contributed by atoms with Gasteiger partial charge in [-0.2, -0.15) is 5.26 Å². The number of methoxy groups -OCH3 is 1. The number of amides is 1. The van der Waals surface area contributed by atoms with Crippen LogP contribution < -0.4 is 14.8 Å². The lowest BCUT2D eigenvalue weighted by Crippen LogP contribution is -2.27. The molecule has 5 nitrogen and oxygen atoms in total. The van der Waals surface area contributed by atoms with Crippen LogP contribution in [0.4, 0.5) is 0 Å². The fourth-order valence-corrected chi connectivity index (χ4v) is 3.15. The van der Waals surface area contributed by atoms with Gasteiger partial charge in [-0.25, -0.2) is 0 Å². The SMILES string of the molecule is COc1cc(/C=C(/C#N)C(=O)N[C@H](C)c2ccccc2)ccc1OCc1ccc(C)cc1. The summed E-state index contributed by atoms with van der Waals surface area (Å²) in [6.45, 7) is 4.33. The van der Waals surface area contributed by atoms with Crippen molar-refractivity contribution in [3.8, 4) is 17.6 Å². The lowest BCUT2D eigenvalue weighted by atomic mass is 10.1. The summed E-state index contributed by atoms with van der Waals surface area (Å²) in [6.07, 6.45) is 1.54. The summed E-state index contributed by atoms with van der Waals surface area (Å²) in [5.74, 6) is 0.689. The van der Waals surface area contributed by atoms with Crippen LogP contribution in [0.25, 0.3) is 6.08 Å². The maximum atomic E-state index is 12.6. The van der Waals surface area contributed by atoms with Gasteiger partial charge in [0.15, 0.2) is 11.5 Å². The van der Waals surface area contributed by atoms with E-state index < -0.39 is 5.91 Å². The molecule has 0 spiro atoms. The van der Waals surface area contributed by atoms with Crippen molar-refractivity contribution < 1.29 is 14.3 Å². The van der Waals surface area contributed by atoms with Gasteiger partial charge in [-0.1, -0.05) is 66.2 Å². The molecule has 1 atom stereocenters. The largest absolute Gasteiger partial charge is 0.493 e. The van der Waals surface area contributed by atoms with Gasteiger partial charge in [0.2, 0.25) is 0 Å². The molecule has 3 aromatic carbocycles. The third-order valence-electron chi connectivity index (χ3n) is 5.03. The fourth-order valence-electron chi connectivity index (χ4n) is 3.15. The molecular weight excluding hydrogens is 400 g/mol. The predicted octanol–water partition coefficient (Wildman–Crippen LogP) is 5.37. The number of nitriles is 1. The van der Waals surface area contributed by atoms with E-state index in [4.69, 9.17) is 9.47 Å². The first-order chi connectivity index (χ1) is 15.5. The lowest BCUT2D eigenvalue weighted by Gasteiger charge is -2.14. The van der Waals surface area contributed by atoms with E-state index in [2.05, 4.69) is 5.32 Å². The molecule has 0 fully saturated rings. The van der Waals surface area contributed by atoms with Gasteiger partial charge in [-0.05, 0) is 48.7 Å². The van der Waals surface area contributed by atoms with Crippen LogP contribution in [-0.4, -0.2) is 13.0 Å². The molecule has 3 aromatic rings. The summed E-state index contributed by atoms with van der Waals surface area (Å²) >= 11 is 0. The highest BCUT2D eigenvalue weighted by molar-refractivity contribution is 6.01. The Morgan fingerprint density at radius 1 is 1.06 bits per heavy atom. The Morgan fingerprint density at radius 3 is 2.44 bits per heavy atom. The molecule has 0 bridgehead atoms. The summed E-state index contributed by atoms with van der Waals surface area (Å²) in [5.41, 5.74) is 3.90. The van der Waals surface area contributed by atoms with Crippen molar-refractivity contribution in [2.45, 2.75) is 26.5 Å². The highest BCUT2D eigenvalue weighted by Crippen LogP contribution is 2.30. The number of hydrogen-bond donors (Lipinski definition) is 1. The topological polar surface area (TPSA) is 71.3 Å².